The van der Waals surface area contributed by atoms with Gasteiger partial charge in [0.1, 0.15) is 5.82 Å². The van der Waals surface area contributed by atoms with E-state index in [2.05, 4.69) is 5.32 Å². The van der Waals surface area contributed by atoms with Crippen molar-refractivity contribution in [3.63, 3.8) is 0 Å². The van der Waals surface area contributed by atoms with Crippen molar-refractivity contribution in [3.8, 4) is 0 Å². The molecular weight excluding hydrogens is 287 g/mol. The van der Waals surface area contributed by atoms with Gasteiger partial charge in [-0.05, 0) is 48.9 Å². The van der Waals surface area contributed by atoms with E-state index >= 15 is 0 Å². The molecule has 5 heteroatoms. The van der Waals surface area contributed by atoms with Crippen LogP contribution in [0.2, 0.25) is 0 Å². The average molecular weight is 304 g/mol. The Balaban J connectivity index is 1.82. The second-order valence-electron chi connectivity index (χ2n) is 4.67. The smallest absolute Gasteiger partial charge is 0.225 e. The minimum absolute atomic E-state index is 0.0571. The lowest BCUT2D eigenvalue weighted by Crippen LogP contribution is -2.13. The summed E-state index contributed by atoms with van der Waals surface area (Å²) < 4.78 is 12.8. The molecule has 0 atom stereocenters. The molecule has 0 aliphatic carbocycles. The van der Waals surface area contributed by atoms with Crippen LogP contribution in [0.3, 0.4) is 0 Å². The summed E-state index contributed by atoms with van der Waals surface area (Å²) in [6.07, 6.45) is 0.385. The van der Waals surface area contributed by atoms with Crippen LogP contribution in [0.5, 0.6) is 0 Å². The zero-order valence-corrected chi connectivity index (χ0v) is 12.5. The number of thioether (sulfide) groups is 1. The third-order valence-electron chi connectivity index (χ3n) is 2.95. The Morgan fingerprint density at radius 2 is 1.95 bits per heavy atom. The second-order valence-corrected chi connectivity index (χ2v) is 5.84. The number of hydrogen-bond acceptors (Lipinski definition) is 3. The Morgan fingerprint density at radius 1 is 1.24 bits per heavy atom. The Hall–Kier alpha value is -2.01. The maximum absolute atomic E-state index is 12.8. The molecular formula is C16H17FN2OS. The standard InChI is InChI=1S/C16H17FN2OS/c1-11-2-5-13(18)10-15(11)19-16(20)8-9-21-14-6-3-12(17)4-7-14/h2-7,10H,8-9,18H2,1H3,(H,19,20). The summed E-state index contributed by atoms with van der Waals surface area (Å²) in [6, 6.07) is 11.7. The molecule has 0 spiro atoms. The SMILES string of the molecule is Cc1ccc(N)cc1NC(=O)CCSc1ccc(F)cc1. The highest BCUT2D eigenvalue weighted by molar-refractivity contribution is 7.99. The first-order valence-electron chi connectivity index (χ1n) is 6.59. The van der Waals surface area contributed by atoms with Crippen LogP contribution >= 0.6 is 11.8 Å². The molecule has 1 amide bonds. The molecule has 2 aromatic carbocycles. The summed E-state index contributed by atoms with van der Waals surface area (Å²) in [4.78, 5) is 12.8. The summed E-state index contributed by atoms with van der Waals surface area (Å²) in [5.41, 5.74) is 8.05. The van der Waals surface area contributed by atoms with E-state index < -0.39 is 0 Å². The lowest BCUT2D eigenvalue weighted by molar-refractivity contribution is -0.115. The van der Waals surface area contributed by atoms with Crippen LogP contribution in [0, 0.1) is 12.7 Å². The van der Waals surface area contributed by atoms with E-state index in [0.717, 1.165) is 16.1 Å². The minimum Gasteiger partial charge on any atom is -0.399 e. The van der Waals surface area contributed by atoms with E-state index in [-0.39, 0.29) is 11.7 Å². The van der Waals surface area contributed by atoms with Gasteiger partial charge in [0.05, 0.1) is 0 Å². The fraction of sp³-hybridized carbons (Fsp3) is 0.188. The fourth-order valence-electron chi connectivity index (χ4n) is 1.78. The van der Waals surface area contributed by atoms with Crippen molar-refractivity contribution in [1.29, 1.82) is 0 Å². The van der Waals surface area contributed by atoms with Gasteiger partial charge < -0.3 is 11.1 Å². The van der Waals surface area contributed by atoms with Crippen molar-refractivity contribution in [1.82, 2.24) is 0 Å². The molecule has 0 aromatic heterocycles. The summed E-state index contributed by atoms with van der Waals surface area (Å²) in [5.74, 6) is 0.325. The summed E-state index contributed by atoms with van der Waals surface area (Å²) in [7, 11) is 0. The number of aryl methyl sites for hydroxylation is 1. The van der Waals surface area contributed by atoms with Gasteiger partial charge in [-0.1, -0.05) is 6.07 Å². The molecule has 3 nitrogen and oxygen atoms in total. The number of carbonyl (C=O) groups excluding carboxylic acids is 1. The monoisotopic (exact) mass is 304 g/mol. The first-order valence-corrected chi connectivity index (χ1v) is 7.57. The van der Waals surface area contributed by atoms with Gasteiger partial charge in [-0.25, -0.2) is 4.39 Å². The number of rotatable bonds is 5. The number of halogens is 1. The van der Waals surface area contributed by atoms with Gasteiger partial charge in [0, 0.05) is 28.4 Å². The molecule has 0 saturated carbocycles. The average Bonchev–Trinajstić information content (AvgIpc) is 2.45. The van der Waals surface area contributed by atoms with E-state index in [1.165, 1.54) is 23.9 Å². The van der Waals surface area contributed by atoms with E-state index in [9.17, 15) is 9.18 Å². The van der Waals surface area contributed by atoms with Crippen LogP contribution in [-0.2, 0) is 4.79 Å². The van der Waals surface area contributed by atoms with Crippen LogP contribution in [0.4, 0.5) is 15.8 Å². The van der Waals surface area contributed by atoms with Crippen molar-refractivity contribution in [3.05, 3.63) is 53.8 Å². The van der Waals surface area contributed by atoms with Gasteiger partial charge >= 0.3 is 0 Å². The fourth-order valence-corrected chi connectivity index (χ4v) is 2.63. The van der Waals surface area contributed by atoms with Crippen molar-refractivity contribution >= 4 is 29.0 Å². The molecule has 21 heavy (non-hydrogen) atoms. The summed E-state index contributed by atoms with van der Waals surface area (Å²) in [5, 5.41) is 2.85. The zero-order chi connectivity index (χ0) is 15.2. The quantitative estimate of drug-likeness (QED) is 0.652. The molecule has 2 rings (SSSR count). The number of nitrogens with one attached hydrogen (secondary N) is 1. The van der Waals surface area contributed by atoms with Crippen molar-refractivity contribution in [2.24, 2.45) is 0 Å². The molecule has 3 N–H and O–H groups in total. The summed E-state index contributed by atoms with van der Waals surface area (Å²) >= 11 is 1.52. The van der Waals surface area contributed by atoms with Crippen LogP contribution in [0.15, 0.2) is 47.4 Å². The first kappa shape index (κ1) is 15.4. The van der Waals surface area contributed by atoms with Crippen LogP contribution in [0.1, 0.15) is 12.0 Å². The lowest BCUT2D eigenvalue weighted by atomic mass is 10.2. The molecule has 0 aliphatic heterocycles. The topological polar surface area (TPSA) is 55.1 Å². The minimum atomic E-state index is -0.255. The summed E-state index contributed by atoms with van der Waals surface area (Å²) in [6.45, 7) is 1.92. The van der Waals surface area contributed by atoms with Crippen LogP contribution in [-0.4, -0.2) is 11.7 Å². The number of nitrogen functional groups attached to an aromatic ring is 1. The molecule has 2 aromatic rings. The number of anilines is 2. The number of benzene rings is 2. The van der Waals surface area contributed by atoms with E-state index in [4.69, 9.17) is 5.73 Å². The molecule has 0 radical (unpaired) electrons. The van der Waals surface area contributed by atoms with E-state index in [0.29, 0.717) is 17.9 Å². The predicted molar refractivity (Wildman–Crippen MR) is 86.0 cm³/mol. The molecule has 0 aliphatic rings. The number of nitrogens with two attached hydrogens (primary N) is 1. The Labute approximate surface area is 127 Å². The number of amides is 1. The van der Waals surface area contributed by atoms with Gasteiger partial charge in [0.2, 0.25) is 5.91 Å². The largest absolute Gasteiger partial charge is 0.399 e. The van der Waals surface area contributed by atoms with Gasteiger partial charge in [-0.15, -0.1) is 11.8 Å². The maximum atomic E-state index is 12.8. The number of hydrogen-bond donors (Lipinski definition) is 2. The van der Waals surface area contributed by atoms with Gasteiger partial charge in [-0.3, -0.25) is 4.79 Å². The second kappa shape index (κ2) is 7.13. The normalized spacial score (nSPS) is 10.4. The molecule has 0 bridgehead atoms. The van der Waals surface area contributed by atoms with Gasteiger partial charge in [0.25, 0.3) is 0 Å². The maximum Gasteiger partial charge on any atom is 0.225 e. The van der Waals surface area contributed by atoms with Gasteiger partial charge in [0.15, 0.2) is 0 Å². The highest BCUT2D eigenvalue weighted by Gasteiger charge is 2.05. The third-order valence-corrected chi connectivity index (χ3v) is 3.96. The predicted octanol–water partition coefficient (Wildman–Crippen LogP) is 3.84. The van der Waals surface area contributed by atoms with Crippen LogP contribution in [0.25, 0.3) is 0 Å². The third kappa shape index (κ3) is 4.79. The van der Waals surface area contributed by atoms with E-state index in [1.54, 1.807) is 24.3 Å². The highest BCUT2D eigenvalue weighted by Crippen LogP contribution is 2.21. The molecule has 0 unspecified atom stereocenters. The number of carbonyl (C=O) groups is 1. The molecule has 0 saturated heterocycles. The Bertz CT molecular complexity index is 629. The van der Waals surface area contributed by atoms with E-state index in [1.807, 2.05) is 13.0 Å². The highest BCUT2D eigenvalue weighted by atomic mass is 32.2. The zero-order valence-electron chi connectivity index (χ0n) is 11.7. The van der Waals surface area contributed by atoms with Gasteiger partial charge in [-0.2, -0.15) is 0 Å². The Kier molecular flexibility index (Phi) is 5.22. The Morgan fingerprint density at radius 3 is 2.67 bits per heavy atom. The molecule has 0 fully saturated rings. The lowest BCUT2D eigenvalue weighted by Gasteiger charge is -2.09. The van der Waals surface area contributed by atoms with Crippen molar-refractivity contribution in [2.75, 3.05) is 16.8 Å². The molecule has 0 heterocycles. The van der Waals surface area contributed by atoms with Crippen LogP contribution < -0.4 is 11.1 Å². The first-order chi connectivity index (χ1) is 10.0. The van der Waals surface area contributed by atoms with Crippen molar-refractivity contribution < 1.29 is 9.18 Å². The molecule has 110 valence electrons. The van der Waals surface area contributed by atoms with Crippen molar-refractivity contribution in [2.45, 2.75) is 18.2 Å².